The molecular weight excluding hydrogens is 204 g/mol. The van der Waals surface area contributed by atoms with Gasteiger partial charge in [-0.2, -0.15) is 5.10 Å². The standard InChI is InChI=1S/C10H14N6/c11-8-2-3-9(15-10(8)12)13-5-7-16-6-1-4-14-16/h1-4,6H,5,7,11H2,(H3,12,13,15). The monoisotopic (exact) mass is 218 g/mol. The molecule has 0 fully saturated rings. The zero-order valence-electron chi connectivity index (χ0n) is 8.80. The van der Waals surface area contributed by atoms with E-state index >= 15 is 0 Å². The molecule has 0 bridgehead atoms. The molecule has 0 radical (unpaired) electrons. The van der Waals surface area contributed by atoms with Crippen molar-refractivity contribution in [2.45, 2.75) is 6.54 Å². The van der Waals surface area contributed by atoms with Crippen LogP contribution in [0, 0.1) is 0 Å². The third-order valence-electron chi connectivity index (χ3n) is 2.16. The molecule has 84 valence electrons. The third kappa shape index (κ3) is 2.41. The van der Waals surface area contributed by atoms with E-state index in [-0.39, 0.29) is 0 Å². The largest absolute Gasteiger partial charge is 0.396 e. The van der Waals surface area contributed by atoms with Crippen molar-refractivity contribution in [3.63, 3.8) is 0 Å². The van der Waals surface area contributed by atoms with Crippen molar-refractivity contribution in [3.8, 4) is 0 Å². The summed E-state index contributed by atoms with van der Waals surface area (Å²) in [7, 11) is 0. The van der Waals surface area contributed by atoms with E-state index in [0.717, 1.165) is 18.9 Å². The summed E-state index contributed by atoms with van der Waals surface area (Å²) in [6.45, 7) is 1.51. The zero-order chi connectivity index (χ0) is 11.4. The summed E-state index contributed by atoms with van der Waals surface area (Å²) < 4.78 is 1.84. The molecule has 2 heterocycles. The second-order valence-corrected chi connectivity index (χ2v) is 3.37. The number of nitrogens with zero attached hydrogens (tertiary/aromatic N) is 3. The Hall–Kier alpha value is -2.24. The van der Waals surface area contributed by atoms with Gasteiger partial charge in [0.1, 0.15) is 11.6 Å². The number of nitrogen functional groups attached to an aromatic ring is 2. The van der Waals surface area contributed by atoms with Crippen LogP contribution in [0.15, 0.2) is 30.6 Å². The lowest BCUT2D eigenvalue weighted by Crippen LogP contribution is -2.12. The number of rotatable bonds is 4. The van der Waals surface area contributed by atoms with Gasteiger partial charge < -0.3 is 16.8 Å². The molecule has 0 aromatic carbocycles. The Morgan fingerprint density at radius 1 is 1.31 bits per heavy atom. The van der Waals surface area contributed by atoms with E-state index in [1.807, 2.05) is 16.9 Å². The molecule has 2 aromatic heterocycles. The van der Waals surface area contributed by atoms with Crippen molar-refractivity contribution in [3.05, 3.63) is 30.6 Å². The van der Waals surface area contributed by atoms with E-state index in [1.165, 1.54) is 0 Å². The number of nitrogens with one attached hydrogen (secondary N) is 1. The lowest BCUT2D eigenvalue weighted by Gasteiger charge is -2.07. The van der Waals surface area contributed by atoms with Crippen LogP contribution in [0.2, 0.25) is 0 Å². The smallest absolute Gasteiger partial charge is 0.149 e. The predicted octanol–water partition coefficient (Wildman–Crippen LogP) is 0.555. The first kappa shape index (κ1) is 10.3. The topological polar surface area (TPSA) is 94.8 Å². The van der Waals surface area contributed by atoms with Gasteiger partial charge in [0.15, 0.2) is 0 Å². The van der Waals surface area contributed by atoms with Crippen LogP contribution in [-0.4, -0.2) is 21.3 Å². The van der Waals surface area contributed by atoms with Gasteiger partial charge in [0, 0.05) is 18.9 Å². The van der Waals surface area contributed by atoms with Gasteiger partial charge >= 0.3 is 0 Å². The Kier molecular flexibility index (Phi) is 2.90. The maximum absolute atomic E-state index is 5.59. The number of aromatic nitrogens is 3. The molecule has 0 saturated heterocycles. The minimum atomic E-state index is 0.351. The van der Waals surface area contributed by atoms with E-state index in [1.54, 1.807) is 18.3 Å². The lowest BCUT2D eigenvalue weighted by atomic mass is 10.4. The number of hydrogen-bond donors (Lipinski definition) is 3. The number of hydrogen-bond acceptors (Lipinski definition) is 5. The first-order valence-corrected chi connectivity index (χ1v) is 4.99. The summed E-state index contributed by atoms with van der Waals surface area (Å²) >= 11 is 0. The molecule has 16 heavy (non-hydrogen) atoms. The quantitative estimate of drug-likeness (QED) is 0.696. The molecule has 0 amide bonds. The van der Waals surface area contributed by atoms with Crippen LogP contribution < -0.4 is 16.8 Å². The molecule has 5 N–H and O–H groups in total. The van der Waals surface area contributed by atoms with Crippen LogP contribution in [0.1, 0.15) is 0 Å². The van der Waals surface area contributed by atoms with E-state index < -0.39 is 0 Å². The fourth-order valence-electron chi connectivity index (χ4n) is 1.32. The highest BCUT2D eigenvalue weighted by Crippen LogP contribution is 2.14. The maximum Gasteiger partial charge on any atom is 0.149 e. The van der Waals surface area contributed by atoms with Gasteiger partial charge in [-0.05, 0) is 18.2 Å². The van der Waals surface area contributed by atoms with Gasteiger partial charge in [-0.25, -0.2) is 4.98 Å². The number of pyridine rings is 1. The SMILES string of the molecule is Nc1ccc(NCCn2cccn2)nc1N. The van der Waals surface area contributed by atoms with E-state index in [9.17, 15) is 0 Å². The maximum atomic E-state index is 5.59. The molecule has 2 aromatic rings. The Morgan fingerprint density at radius 3 is 2.88 bits per heavy atom. The van der Waals surface area contributed by atoms with Crippen LogP contribution in [0.4, 0.5) is 17.3 Å². The summed E-state index contributed by atoms with van der Waals surface area (Å²) in [4.78, 5) is 4.10. The lowest BCUT2D eigenvalue weighted by molar-refractivity contribution is 0.637. The normalized spacial score (nSPS) is 10.2. The molecule has 0 saturated carbocycles. The highest BCUT2D eigenvalue weighted by Gasteiger charge is 1.98. The zero-order valence-corrected chi connectivity index (χ0v) is 8.80. The Morgan fingerprint density at radius 2 is 2.19 bits per heavy atom. The third-order valence-corrected chi connectivity index (χ3v) is 2.16. The minimum absolute atomic E-state index is 0.351. The van der Waals surface area contributed by atoms with Crippen LogP contribution in [0.25, 0.3) is 0 Å². The summed E-state index contributed by atoms with van der Waals surface area (Å²) in [6, 6.07) is 5.42. The van der Waals surface area contributed by atoms with Crippen molar-refractivity contribution in [1.29, 1.82) is 0 Å². The average molecular weight is 218 g/mol. The van der Waals surface area contributed by atoms with E-state index in [0.29, 0.717) is 11.5 Å². The number of nitrogens with two attached hydrogens (primary N) is 2. The Labute approximate surface area is 93.3 Å². The van der Waals surface area contributed by atoms with Gasteiger partial charge in [0.05, 0.1) is 12.2 Å². The van der Waals surface area contributed by atoms with E-state index in [2.05, 4.69) is 15.4 Å². The van der Waals surface area contributed by atoms with Crippen LogP contribution in [-0.2, 0) is 6.54 Å². The molecule has 2 rings (SSSR count). The van der Waals surface area contributed by atoms with Crippen molar-refractivity contribution >= 4 is 17.3 Å². The molecule has 0 unspecified atom stereocenters. The van der Waals surface area contributed by atoms with Gasteiger partial charge in [-0.15, -0.1) is 0 Å². The number of anilines is 3. The molecule has 0 atom stereocenters. The van der Waals surface area contributed by atoms with Crippen molar-refractivity contribution in [1.82, 2.24) is 14.8 Å². The van der Waals surface area contributed by atoms with Crippen LogP contribution in [0.3, 0.4) is 0 Å². The Balaban J connectivity index is 1.87. The molecule has 0 aliphatic carbocycles. The summed E-state index contributed by atoms with van der Waals surface area (Å²) in [6.07, 6.45) is 3.66. The minimum Gasteiger partial charge on any atom is -0.396 e. The molecular formula is C10H14N6. The van der Waals surface area contributed by atoms with Crippen LogP contribution >= 0.6 is 0 Å². The fourth-order valence-corrected chi connectivity index (χ4v) is 1.32. The highest BCUT2D eigenvalue weighted by molar-refractivity contribution is 5.61. The summed E-state index contributed by atoms with van der Waals surface area (Å²) in [5.41, 5.74) is 11.7. The average Bonchev–Trinajstić information content (AvgIpc) is 2.76. The summed E-state index contributed by atoms with van der Waals surface area (Å²) in [5, 5.41) is 7.23. The van der Waals surface area contributed by atoms with Gasteiger partial charge in [0.25, 0.3) is 0 Å². The first-order chi connectivity index (χ1) is 7.75. The predicted molar refractivity (Wildman–Crippen MR) is 63.8 cm³/mol. The molecule has 0 aliphatic rings. The fraction of sp³-hybridized carbons (Fsp3) is 0.200. The van der Waals surface area contributed by atoms with E-state index in [4.69, 9.17) is 11.5 Å². The molecule has 6 heteroatoms. The van der Waals surface area contributed by atoms with Gasteiger partial charge in [-0.3, -0.25) is 4.68 Å². The van der Waals surface area contributed by atoms with Gasteiger partial charge in [-0.1, -0.05) is 0 Å². The Bertz CT molecular complexity index is 450. The first-order valence-electron chi connectivity index (χ1n) is 4.99. The van der Waals surface area contributed by atoms with Crippen molar-refractivity contribution in [2.24, 2.45) is 0 Å². The molecule has 0 aliphatic heterocycles. The van der Waals surface area contributed by atoms with Crippen molar-refractivity contribution in [2.75, 3.05) is 23.3 Å². The molecule has 0 spiro atoms. The summed E-state index contributed by atoms with van der Waals surface area (Å²) in [5.74, 6) is 1.07. The molecule has 6 nitrogen and oxygen atoms in total. The van der Waals surface area contributed by atoms with Crippen molar-refractivity contribution < 1.29 is 0 Å². The van der Waals surface area contributed by atoms with Crippen LogP contribution in [0.5, 0.6) is 0 Å². The second kappa shape index (κ2) is 4.52. The second-order valence-electron chi connectivity index (χ2n) is 3.37. The highest BCUT2D eigenvalue weighted by atomic mass is 15.3. The van der Waals surface area contributed by atoms with Gasteiger partial charge in [0.2, 0.25) is 0 Å².